The Labute approximate surface area is 163 Å². The second-order valence-corrected chi connectivity index (χ2v) is 6.27. The summed E-state index contributed by atoms with van der Waals surface area (Å²) in [6.07, 6.45) is 1.72. The summed E-state index contributed by atoms with van der Waals surface area (Å²) < 4.78 is 0. The molecule has 0 aliphatic rings. The molecular weight excluding hydrogens is 360 g/mol. The van der Waals surface area contributed by atoms with Gasteiger partial charge in [-0.15, -0.1) is 6.58 Å². The number of benzene rings is 2. The maximum Gasteiger partial charge on any atom is 0.274 e. The van der Waals surface area contributed by atoms with Crippen molar-refractivity contribution in [3.8, 4) is 11.4 Å². The summed E-state index contributed by atoms with van der Waals surface area (Å²) in [6, 6.07) is 16.5. The molecule has 1 amide bonds. The minimum atomic E-state index is -0.332. The highest BCUT2D eigenvalue weighted by Gasteiger charge is 2.14. The van der Waals surface area contributed by atoms with E-state index in [0.717, 1.165) is 11.1 Å². The van der Waals surface area contributed by atoms with Crippen LogP contribution in [0.15, 0.2) is 67.3 Å². The van der Waals surface area contributed by atoms with Crippen molar-refractivity contribution >= 4 is 29.0 Å². The Balaban J connectivity index is 1.96. The normalized spacial score (nSPS) is 10.3. The van der Waals surface area contributed by atoms with Crippen LogP contribution in [0.1, 0.15) is 16.1 Å². The predicted molar refractivity (Wildman–Crippen MR) is 110 cm³/mol. The highest BCUT2D eigenvalue weighted by atomic mass is 35.5. The summed E-state index contributed by atoms with van der Waals surface area (Å²) in [7, 11) is 0. The first kappa shape index (κ1) is 18.6. The lowest BCUT2D eigenvalue weighted by Gasteiger charge is -2.11. The Morgan fingerprint density at radius 1 is 1.15 bits per heavy atom. The zero-order chi connectivity index (χ0) is 19.2. The molecule has 2 aromatic carbocycles. The van der Waals surface area contributed by atoms with Gasteiger partial charge in [0, 0.05) is 28.9 Å². The predicted octanol–water partition coefficient (Wildman–Crippen LogP) is 4.96. The first-order valence-corrected chi connectivity index (χ1v) is 8.82. The van der Waals surface area contributed by atoms with E-state index >= 15 is 0 Å². The van der Waals surface area contributed by atoms with Crippen LogP contribution in [0.5, 0.6) is 0 Å². The van der Waals surface area contributed by atoms with Gasteiger partial charge in [-0.05, 0) is 24.6 Å². The van der Waals surface area contributed by atoms with Crippen LogP contribution >= 0.6 is 11.6 Å². The van der Waals surface area contributed by atoms with Crippen LogP contribution in [0.4, 0.5) is 11.5 Å². The third kappa shape index (κ3) is 4.51. The Morgan fingerprint density at radius 3 is 2.67 bits per heavy atom. The van der Waals surface area contributed by atoms with E-state index < -0.39 is 0 Å². The number of anilines is 2. The fourth-order valence-electron chi connectivity index (χ4n) is 2.48. The van der Waals surface area contributed by atoms with Crippen molar-refractivity contribution in [1.82, 2.24) is 9.97 Å². The van der Waals surface area contributed by atoms with Crippen LogP contribution in [0, 0.1) is 6.92 Å². The molecule has 0 atom stereocenters. The van der Waals surface area contributed by atoms with E-state index in [2.05, 4.69) is 27.2 Å². The molecule has 0 saturated carbocycles. The molecule has 3 aromatic rings. The first-order valence-electron chi connectivity index (χ1n) is 8.44. The van der Waals surface area contributed by atoms with Crippen LogP contribution in [-0.4, -0.2) is 22.4 Å². The van der Waals surface area contributed by atoms with Gasteiger partial charge in [0.25, 0.3) is 5.91 Å². The van der Waals surface area contributed by atoms with E-state index in [-0.39, 0.29) is 11.6 Å². The number of hydrogen-bond acceptors (Lipinski definition) is 4. The largest absolute Gasteiger partial charge is 0.366 e. The molecule has 6 heteroatoms. The first-order chi connectivity index (χ1) is 13.1. The Morgan fingerprint density at radius 2 is 1.93 bits per heavy atom. The van der Waals surface area contributed by atoms with E-state index in [1.54, 1.807) is 30.3 Å². The van der Waals surface area contributed by atoms with Gasteiger partial charge < -0.3 is 10.6 Å². The van der Waals surface area contributed by atoms with Gasteiger partial charge in [-0.25, -0.2) is 9.97 Å². The molecular formula is C21H19ClN4O. The molecule has 0 aliphatic carbocycles. The van der Waals surface area contributed by atoms with Gasteiger partial charge in [-0.2, -0.15) is 0 Å². The van der Waals surface area contributed by atoms with Crippen molar-refractivity contribution in [2.45, 2.75) is 6.92 Å². The zero-order valence-corrected chi connectivity index (χ0v) is 15.6. The average molecular weight is 379 g/mol. The molecule has 5 nitrogen and oxygen atoms in total. The molecule has 0 fully saturated rings. The number of carbonyl (C=O) groups excluding carboxylic acids is 1. The van der Waals surface area contributed by atoms with Crippen molar-refractivity contribution in [3.05, 3.63) is 83.5 Å². The lowest BCUT2D eigenvalue weighted by atomic mass is 10.2. The van der Waals surface area contributed by atoms with E-state index in [0.29, 0.717) is 28.9 Å². The third-order valence-corrected chi connectivity index (χ3v) is 4.34. The highest BCUT2D eigenvalue weighted by molar-refractivity contribution is 6.31. The number of amides is 1. The summed E-state index contributed by atoms with van der Waals surface area (Å²) in [5, 5.41) is 6.57. The Hall–Kier alpha value is -3.18. The molecule has 0 radical (unpaired) electrons. The monoisotopic (exact) mass is 378 g/mol. The summed E-state index contributed by atoms with van der Waals surface area (Å²) >= 11 is 6.13. The topological polar surface area (TPSA) is 66.9 Å². The van der Waals surface area contributed by atoms with Crippen molar-refractivity contribution < 1.29 is 4.79 Å². The SMILES string of the molecule is C=CCNc1cc(C(=O)Nc2cccc(Cl)c2C)nc(-c2ccccc2)n1. The van der Waals surface area contributed by atoms with Gasteiger partial charge in [0.05, 0.1) is 0 Å². The quantitative estimate of drug-likeness (QED) is 0.595. The molecule has 27 heavy (non-hydrogen) atoms. The number of halogens is 1. The highest BCUT2D eigenvalue weighted by Crippen LogP contribution is 2.24. The lowest BCUT2D eigenvalue weighted by Crippen LogP contribution is -2.16. The average Bonchev–Trinajstić information content (AvgIpc) is 2.70. The van der Waals surface area contributed by atoms with Gasteiger partial charge in [-0.3, -0.25) is 4.79 Å². The van der Waals surface area contributed by atoms with E-state index in [9.17, 15) is 4.79 Å². The molecule has 3 rings (SSSR count). The maximum absolute atomic E-state index is 12.8. The van der Waals surface area contributed by atoms with Gasteiger partial charge in [-0.1, -0.05) is 54.1 Å². The standard InChI is InChI=1S/C21H19ClN4O/c1-3-12-23-19-13-18(24-20(26-19)15-8-5-4-6-9-15)21(27)25-17-11-7-10-16(22)14(17)2/h3-11,13H,1,12H2,2H3,(H,25,27)(H,23,24,26). The molecule has 2 N–H and O–H groups in total. The van der Waals surface area contributed by atoms with Gasteiger partial charge in [0.2, 0.25) is 0 Å². The molecule has 0 bridgehead atoms. The molecule has 136 valence electrons. The van der Waals surface area contributed by atoms with Crippen LogP contribution in [-0.2, 0) is 0 Å². The fraction of sp³-hybridized carbons (Fsp3) is 0.0952. The Kier molecular flexibility index (Phi) is 5.84. The lowest BCUT2D eigenvalue weighted by molar-refractivity contribution is 0.102. The number of hydrogen-bond donors (Lipinski definition) is 2. The van der Waals surface area contributed by atoms with E-state index in [1.165, 1.54) is 0 Å². The fourth-order valence-corrected chi connectivity index (χ4v) is 2.65. The molecule has 0 spiro atoms. The van der Waals surface area contributed by atoms with Crippen molar-refractivity contribution in [1.29, 1.82) is 0 Å². The summed E-state index contributed by atoms with van der Waals surface area (Å²) in [5.41, 5.74) is 2.53. The van der Waals surface area contributed by atoms with Gasteiger partial charge in [0.1, 0.15) is 11.5 Å². The minimum absolute atomic E-state index is 0.259. The van der Waals surface area contributed by atoms with E-state index in [1.807, 2.05) is 37.3 Å². The smallest absolute Gasteiger partial charge is 0.274 e. The van der Waals surface area contributed by atoms with Gasteiger partial charge >= 0.3 is 0 Å². The molecule has 0 aliphatic heterocycles. The molecule has 0 saturated heterocycles. The molecule has 1 aromatic heterocycles. The number of carbonyl (C=O) groups is 1. The minimum Gasteiger partial charge on any atom is -0.366 e. The Bertz CT molecular complexity index is 973. The van der Waals surface area contributed by atoms with Crippen LogP contribution < -0.4 is 10.6 Å². The summed E-state index contributed by atoms with van der Waals surface area (Å²) in [5.74, 6) is 0.691. The molecule has 1 heterocycles. The summed E-state index contributed by atoms with van der Waals surface area (Å²) in [6.45, 7) is 6.07. The summed E-state index contributed by atoms with van der Waals surface area (Å²) in [4.78, 5) is 21.7. The number of rotatable bonds is 6. The second-order valence-electron chi connectivity index (χ2n) is 5.86. The van der Waals surface area contributed by atoms with E-state index in [4.69, 9.17) is 11.6 Å². The number of nitrogens with one attached hydrogen (secondary N) is 2. The maximum atomic E-state index is 12.8. The van der Waals surface area contributed by atoms with Crippen molar-refractivity contribution in [3.63, 3.8) is 0 Å². The van der Waals surface area contributed by atoms with Crippen molar-refractivity contribution in [2.75, 3.05) is 17.2 Å². The second kappa shape index (κ2) is 8.47. The van der Waals surface area contributed by atoms with Crippen molar-refractivity contribution in [2.24, 2.45) is 0 Å². The number of aromatic nitrogens is 2. The molecule has 0 unspecified atom stereocenters. The zero-order valence-electron chi connectivity index (χ0n) is 14.9. The van der Waals surface area contributed by atoms with Gasteiger partial charge in [0.15, 0.2) is 5.82 Å². The van der Waals surface area contributed by atoms with Crippen LogP contribution in [0.25, 0.3) is 11.4 Å². The number of nitrogens with zero attached hydrogens (tertiary/aromatic N) is 2. The van der Waals surface area contributed by atoms with Crippen LogP contribution in [0.3, 0.4) is 0 Å². The van der Waals surface area contributed by atoms with Crippen LogP contribution in [0.2, 0.25) is 5.02 Å². The third-order valence-electron chi connectivity index (χ3n) is 3.93.